The smallest absolute Gasteiger partial charge is 0.305 e. The third-order valence-electron chi connectivity index (χ3n) is 2.91. The summed E-state index contributed by atoms with van der Waals surface area (Å²) in [5.74, 6) is -0.610. The van der Waals surface area contributed by atoms with Gasteiger partial charge >= 0.3 is 10.2 Å². The Kier molecular flexibility index (Phi) is 2.53. The molecule has 1 spiro atoms. The molecule has 1 saturated heterocycles. The van der Waals surface area contributed by atoms with Crippen LogP contribution >= 0.6 is 0 Å². The predicted octanol–water partition coefficient (Wildman–Crippen LogP) is 0.971. The fourth-order valence-corrected chi connectivity index (χ4v) is 2.90. The Morgan fingerprint density at radius 1 is 1.14 bits per heavy atom. The molecule has 1 aliphatic carbocycles. The van der Waals surface area contributed by atoms with Gasteiger partial charge in [0.15, 0.2) is 5.79 Å². The molecule has 14 heavy (non-hydrogen) atoms. The molecule has 1 saturated carbocycles. The van der Waals surface area contributed by atoms with Crippen LogP contribution in [0.2, 0.25) is 0 Å². The number of ether oxygens (including phenoxy) is 2. The lowest BCUT2D eigenvalue weighted by Crippen LogP contribution is -2.38. The van der Waals surface area contributed by atoms with Crippen molar-refractivity contribution in [1.29, 1.82) is 0 Å². The van der Waals surface area contributed by atoms with Crippen molar-refractivity contribution in [1.82, 2.24) is 0 Å². The maximum Gasteiger partial charge on any atom is 0.305 e. The first-order valence-corrected chi connectivity index (χ1v) is 6.18. The maximum absolute atomic E-state index is 12.6. The fraction of sp³-hybridized carbons (Fsp3) is 1.00. The average molecular weight is 224 g/mol. The monoisotopic (exact) mass is 224 g/mol. The van der Waals surface area contributed by atoms with Crippen molar-refractivity contribution in [3.63, 3.8) is 0 Å². The van der Waals surface area contributed by atoms with E-state index < -0.39 is 21.3 Å². The third kappa shape index (κ3) is 1.92. The standard InChI is InChI=1S/C8H13FO4S/c9-14(10,11)7-1-3-8(4-2-7)12-5-6-13-8/h7H,1-6H2. The molecule has 0 aromatic rings. The number of halogens is 1. The zero-order chi connectivity index (χ0) is 10.2. The molecule has 0 N–H and O–H groups in total. The van der Waals surface area contributed by atoms with Crippen molar-refractivity contribution in [3.8, 4) is 0 Å². The van der Waals surface area contributed by atoms with Gasteiger partial charge in [0, 0.05) is 12.8 Å². The second kappa shape index (κ2) is 3.43. The van der Waals surface area contributed by atoms with E-state index in [1.165, 1.54) is 0 Å². The fourth-order valence-electron chi connectivity index (χ4n) is 2.10. The van der Waals surface area contributed by atoms with Crippen LogP contribution in [0.4, 0.5) is 3.89 Å². The van der Waals surface area contributed by atoms with E-state index in [9.17, 15) is 12.3 Å². The first kappa shape index (κ1) is 10.3. The van der Waals surface area contributed by atoms with E-state index in [2.05, 4.69) is 0 Å². The Hall–Kier alpha value is -0.200. The second-order valence-corrected chi connectivity index (χ2v) is 5.40. The normalized spacial score (nSPS) is 28.4. The summed E-state index contributed by atoms with van der Waals surface area (Å²) < 4.78 is 44.7. The predicted molar refractivity (Wildman–Crippen MR) is 46.9 cm³/mol. The quantitative estimate of drug-likeness (QED) is 0.623. The molecule has 0 aromatic heterocycles. The third-order valence-corrected chi connectivity index (χ3v) is 4.17. The van der Waals surface area contributed by atoms with Gasteiger partial charge in [-0.1, -0.05) is 0 Å². The van der Waals surface area contributed by atoms with E-state index >= 15 is 0 Å². The van der Waals surface area contributed by atoms with Crippen LogP contribution in [0, 0.1) is 0 Å². The van der Waals surface area contributed by atoms with Gasteiger partial charge in [-0.3, -0.25) is 0 Å². The van der Waals surface area contributed by atoms with Crippen molar-refractivity contribution < 1.29 is 21.8 Å². The van der Waals surface area contributed by atoms with Crippen LogP contribution < -0.4 is 0 Å². The Morgan fingerprint density at radius 2 is 1.64 bits per heavy atom. The van der Waals surface area contributed by atoms with Crippen LogP contribution in [0.15, 0.2) is 0 Å². The molecule has 6 heteroatoms. The van der Waals surface area contributed by atoms with Crippen LogP contribution in [0.3, 0.4) is 0 Å². The molecule has 0 amide bonds. The summed E-state index contributed by atoms with van der Waals surface area (Å²) >= 11 is 0. The van der Waals surface area contributed by atoms with Crippen LogP contribution in [0.1, 0.15) is 25.7 Å². The molecule has 0 bridgehead atoms. The lowest BCUT2D eigenvalue weighted by atomic mass is 9.94. The topological polar surface area (TPSA) is 52.6 Å². The van der Waals surface area contributed by atoms with Crippen molar-refractivity contribution in [2.24, 2.45) is 0 Å². The highest BCUT2D eigenvalue weighted by Gasteiger charge is 2.43. The van der Waals surface area contributed by atoms with Gasteiger partial charge in [-0.2, -0.15) is 8.42 Å². The number of rotatable bonds is 1. The highest BCUT2D eigenvalue weighted by atomic mass is 32.3. The molecule has 2 aliphatic rings. The molecule has 1 aliphatic heterocycles. The van der Waals surface area contributed by atoms with Gasteiger partial charge in [0.25, 0.3) is 0 Å². The van der Waals surface area contributed by atoms with Gasteiger partial charge in [0.05, 0.1) is 18.5 Å². The summed E-state index contributed by atoms with van der Waals surface area (Å²) in [6.07, 6.45) is 1.53. The molecule has 2 fully saturated rings. The van der Waals surface area contributed by atoms with Crippen LogP contribution in [-0.2, 0) is 19.7 Å². The first-order valence-electron chi connectivity index (χ1n) is 4.73. The summed E-state index contributed by atoms with van der Waals surface area (Å²) in [6, 6.07) is 0. The first-order chi connectivity index (χ1) is 6.52. The minimum Gasteiger partial charge on any atom is -0.348 e. The van der Waals surface area contributed by atoms with Crippen molar-refractivity contribution in [2.45, 2.75) is 36.7 Å². The Bertz CT molecular complexity index is 297. The Labute approximate surface area is 82.6 Å². The van der Waals surface area contributed by atoms with Crippen LogP contribution in [-0.4, -0.2) is 32.7 Å². The van der Waals surface area contributed by atoms with E-state index in [0.717, 1.165) is 0 Å². The summed E-state index contributed by atoms with van der Waals surface area (Å²) in [7, 11) is -4.38. The number of hydrogen-bond donors (Lipinski definition) is 0. The second-order valence-electron chi connectivity index (χ2n) is 3.78. The zero-order valence-corrected chi connectivity index (χ0v) is 8.56. The van der Waals surface area contributed by atoms with E-state index in [4.69, 9.17) is 9.47 Å². The van der Waals surface area contributed by atoms with Gasteiger partial charge in [0.2, 0.25) is 0 Å². The maximum atomic E-state index is 12.6. The summed E-state index contributed by atoms with van der Waals surface area (Å²) in [6.45, 7) is 1.10. The Morgan fingerprint density at radius 3 is 2.07 bits per heavy atom. The van der Waals surface area contributed by atoms with Crippen molar-refractivity contribution >= 4 is 10.2 Å². The molecule has 82 valence electrons. The highest BCUT2D eigenvalue weighted by molar-refractivity contribution is 7.87. The van der Waals surface area contributed by atoms with Crippen molar-refractivity contribution in [2.75, 3.05) is 13.2 Å². The minimum absolute atomic E-state index is 0.291. The molecule has 2 rings (SSSR count). The summed E-state index contributed by atoms with van der Waals surface area (Å²) in [4.78, 5) is 0. The molecule has 0 radical (unpaired) electrons. The van der Waals surface area contributed by atoms with E-state index in [1.807, 2.05) is 0 Å². The van der Waals surface area contributed by atoms with E-state index in [-0.39, 0.29) is 0 Å². The summed E-state index contributed by atoms with van der Waals surface area (Å²) in [5, 5.41) is -0.860. The van der Waals surface area contributed by atoms with Crippen LogP contribution in [0.5, 0.6) is 0 Å². The lowest BCUT2D eigenvalue weighted by Gasteiger charge is -2.33. The Balaban J connectivity index is 1.98. The van der Waals surface area contributed by atoms with Gasteiger partial charge in [0.1, 0.15) is 0 Å². The molecule has 0 atom stereocenters. The largest absolute Gasteiger partial charge is 0.348 e. The molecule has 0 unspecified atom stereocenters. The molecule has 0 aromatic carbocycles. The van der Waals surface area contributed by atoms with Crippen molar-refractivity contribution in [3.05, 3.63) is 0 Å². The molecular formula is C8H13FO4S. The molecular weight excluding hydrogens is 211 g/mol. The SMILES string of the molecule is O=S(=O)(F)C1CCC2(CC1)OCCO2. The van der Waals surface area contributed by atoms with Gasteiger partial charge < -0.3 is 9.47 Å². The van der Waals surface area contributed by atoms with Gasteiger partial charge in [-0.15, -0.1) is 3.89 Å². The number of hydrogen-bond acceptors (Lipinski definition) is 4. The van der Waals surface area contributed by atoms with Gasteiger partial charge in [-0.25, -0.2) is 0 Å². The lowest BCUT2D eigenvalue weighted by molar-refractivity contribution is -0.176. The highest BCUT2D eigenvalue weighted by Crippen LogP contribution is 2.38. The van der Waals surface area contributed by atoms with Gasteiger partial charge in [-0.05, 0) is 12.8 Å². The van der Waals surface area contributed by atoms with Crippen LogP contribution in [0.25, 0.3) is 0 Å². The minimum atomic E-state index is -4.38. The van der Waals surface area contributed by atoms with E-state index in [0.29, 0.717) is 38.9 Å². The summed E-state index contributed by atoms with van der Waals surface area (Å²) in [5.41, 5.74) is 0. The molecule has 1 heterocycles. The van der Waals surface area contributed by atoms with E-state index in [1.54, 1.807) is 0 Å². The average Bonchev–Trinajstić information content (AvgIpc) is 2.53. The zero-order valence-electron chi connectivity index (χ0n) is 7.74. The molecule has 4 nitrogen and oxygen atoms in total.